The Hall–Kier alpha value is 0.210. The van der Waals surface area contributed by atoms with Gasteiger partial charge in [0.2, 0.25) is 0 Å². The summed E-state index contributed by atoms with van der Waals surface area (Å²) in [6.07, 6.45) is 0.146. The van der Waals surface area contributed by atoms with Gasteiger partial charge in [-0.3, -0.25) is 0 Å². The molecule has 0 aromatic rings. The van der Waals surface area contributed by atoms with Crippen LogP contribution in [-0.4, -0.2) is 28.8 Å². The van der Waals surface area contributed by atoms with E-state index in [9.17, 15) is 0 Å². The van der Waals surface area contributed by atoms with Crippen LogP contribution < -0.4 is 0 Å². The molecular weight excluding hydrogens is 140 g/mol. The topological polar surface area (TPSA) is 40.5 Å². The normalized spacial score (nSPS) is 17.3. The molecule has 3 heteroatoms. The van der Waals surface area contributed by atoms with E-state index in [2.05, 4.69) is 0 Å². The Labute approximate surface area is 60.5 Å². The molecule has 2 atom stereocenters. The van der Waals surface area contributed by atoms with Crippen LogP contribution in [0.2, 0.25) is 0 Å². The van der Waals surface area contributed by atoms with Gasteiger partial charge in [-0.25, -0.2) is 0 Å². The maximum atomic E-state index is 9.01. The van der Waals surface area contributed by atoms with E-state index >= 15 is 0 Å². The quantitative estimate of drug-likeness (QED) is 0.580. The van der Waals surface area contributed by atoms with Gasteiger partial charge < -0.3 is 10.2 Å². The minimum atomic E-state index is -0.473. The van der Waals surface area contributed by atoms with Crippen molar-refractivity contribution in [3.8, 4) is 0 Å². The second-order valence-electron chi connectivity index (χ2n) is 2.21. The number of aliphatic hydroxyl groups is 2. The lowest BCUT2D eigenvalue weighted by Gasteiger charge is -2.13. The van der Waals surface area contributed by atoms with Crippen molar-refractivity contribution in [2.24, 2.45) is 5.92 Å². The van der Waals surface area contributed by atoms with E-state index < -0.39 is 6.10 Å². The molecule has 0 aromatic heterocycles. The Kier molecular flexibility index (Phi) is 5.15. The van der Waals surface area contributed by atoms with Crippen molar-refractivity contribution in [3.05, 3.63) is 0 Å². The SMILES string of the molecule is CC(CCO)C(O)CCl. The molecule has 2 N–H and O–H groups in total. The third-order valence-electron chi connectivity index (χ3n) is 1.40. The number of hydrogen-bond donors (Lipinski definition) is 2. The number of rotatable bonds is 4. The lowest BCUT2D eigenvalue weighted by atomic mass is 10.0. The number of hydrogen-bond acceptors (Lipinski definition) is 2. The van der Waals surface area contributed by atoms with Crippen molar-refractivity contribution < 1.29 is 10.2 Å². The first-order chi connectivity index (χ1) is 4.22. The lowest BCUT2D eigenvalue weighted by Crippen LogP contribution is -2.19. The van der Waals surface area contributed by atoms with Gasteiger partial charge in [0.15, 0.2) is 0 Å². The van der Waals surface area contributed by atoms with Crippen LogP contribution in [0.1, 0.15) is 13.3 Å². The molecular formula is C6H13ClO2. The van der Waals surface area contributed by atoms with Gasteiger partial charge >= 0.3 is 0 Å². The van der Waals surface area contributed by atoms with Crippen LogP contribution in [-0.2, 0) is 0 Å². The summed E-state index contributed by atoms with van der Waals surface area (Å²) in [6.45, 7) is 1.98. The molecule has 0 spiro atoms. The molecule has 2 nitrogen and oxygen atoms in total. The highest BCUT2D eigenvalue weighted by molar-refractivity contribution is 6.18. The van der Waals surface area contributed by atoms with Crippen molar-refractivity contribution in [1.29, 1.82) is 0 Å². The van der Waals surface area contributed by atoms with Crippen LogP contribution >= 0.6 is 11.6 Å². The molecule has 2 unspecified atom stereocenters. The number of halogens is 1. The first-order valence-electron chi connectivity index (χ1n) is 3.07. The lowest BCUT2D eigenvalue weighted by molar-refractivity contribution is 0.117. The van der Waals surface area contributed by atoms with Crippen LogP contribution in [0.3, 0.4) is 0 Å². The molecule has 0 saturated carbocycles. The van der Waals surface area contributed by atoms with E-state index in [0.717, 1.165) is 0 Å². The summed E-state index contributed by atoms with van der Waals surface area (Å²) in [5.41, 5.74) is 0. The third kappa shape index (κ3) is 3.73. The summed E-state index contributed by atoms with van der Waals surface area (Å²) >= 11 is 5.35. The van der Waals surface area contributed by atoms with Crippen molar-refractivity contribution in [2.75, 3.05) is 12.5 Å². The Morgan fingerprint density at radius 1 is 1.56 bits per heavy atom. The van der Waals surface area contributed by atoms with Gasteiger partial charge in [-0.1, -0.05) is 6.92 Å². The molecule has 0 bridgehead atoms. The van der Waals surface area contributed by atoms with Gasteiger partial charge in [0, 0.05) is 12.5 Å². The maximum Gasteiger partial charge on any atom is 0.0701 e. The molecule has 9 heavy (non-hydrogen) atoms. The summed E-state index contributed by atoms with van der Waals surface area (Å²) in [6, 6.07) is 0. The molecule has 0 aliphatic rings. The second kappa shape index (κ2) is 5.03. The smallest absolute Gasteiger partial charge is 0.0701 e. The van der Waals surface area contributed by atoms with Crippen molar-refractivity contribution in [2.45, 2.75) is 19.4 Å². The van der Waals surface area contributed by atoms with Crippen LogP contribution in [0.5, 0.6) is 0 Å². The molecule has 0 radical (unpaired) electrons. The van der Waals surface area contributed by atoms with Crippen molar-refractivity contribution in [3.63, 3.8) is 0 Å². The molecule has 0 saturated heterocycles. The monoisotopic (exact) mass is 152 g/mol. The minimum Gasteiger partial charge on any atom is -0.396 e. The largest absolute Gasteiger partial charge is 0.396 e. The fourth-order valence-corrected chi connectivity index (χ4v) is 0.852. The van der Waals surface area contributed by atoms with Gasteiger partial charge in [-0.15, -0.1) is 11.6 Å². The summed E-state index contributed by atoms with van der Waals surface area (Å²) in [4.78, 5) is 0. The molecule has 0 fully saturated rings. The molecule has 0 amide bonds. The summed E-state index contributed by atoms with van der Waals surface area (Å²) in [5, 5.41) is 17.4. The van der Waals surface area contributed by atoms with Gasteiger partial charge in [0.1, 0.15) is 0 Å². The predicted octanol–water partition coefficient (Wildman–Crippen LogP) is 0.605. The van der Waals surface area contributed by atoms with E-state index in [-0.39, 0.29) is 18.4 Å². The molecule has 56 valence electrons. The van der Waals surface area contributed by atoms with E-state index in [0.29, 0.717) is 6.42 Å². The number of aliphatic hydroxyl groups excluding tert-OH is 2. The Morgan fingerprint density at radius 2 is 2.11 bits per heavy atom. The van der Waals surface area contributed by atoms with Crippen LogP contribution in [0, 0.1) is 5.92 Å². The zero-order valence-corrected chi connectivity index (χ0v) is 6.30. The highest BCUT2D eigenvalue weighted by Gasteiger charge is 2.10. The number of alkyl halides is 1. The average Bonchev–Trinajstić information content (AvgIpc) is 1.87. The zero-order chi connectivity index (χ0) is 7.28. The first-order valence-corrected chi connectivity index (χ1v) is 3.60. The standard InChI is InChI=1S/C6H13ClO2/c1-5(2-3-8)6(9)4-7/h5-6,8-9H,2-4H2,1H3. The maximum absolute atomic E-state index is 9.01. The minimum absolute atomic E-state index is 0.104. The Morgan fingerprint density at radius 3 is 2.44 bits per heavy atom. The van der Waals surface area contributed by atoms with Crippen LogP contribution in [0.4, 0.5) is 0 Å². The molecule has 0 heterocycles. The van der Waals surface area contributed by atoms with E-state index in [1.54, 1.807) is 0 Å². The van der Waals surface area contributed by atoms with Gasteiger partial charge in [-0.2, -0.15) is 0 Å². The van der Waals surface area contributed by atoms with E-state index in [4.69, 9.17) is 21.8 Å². The highest BCUT2D eigenvalue weighted by Crippen LogP contribution is 2.07. The molecule has 0 aliphatic heterocycles. The van der Waals surface area contributed by atoms with Gasteiger partial charge in [0.05, 0.1) is 6.10 Å². The second-order valence-corrected chi connectivity index (χ2v) is 2.52. The Balaban J connectivity index is 3.32. The van der Waals surface area contributed by atoms with Gasteiger partial charge in [0.25, 0.3) is 0 Å². The van der Waals surface area contributed by atoms with E-state index in [1.807, 2.05) is 6.92 Å². The summed E-state index contributed by atoms with van der Waals surface area (Å²) in [5.74, 6) is 0.355. The predicted molar refractivity (Wildman–Crippen MR) is 37.6 cm³/mol. The highest BCUT2D eigenvalue weighted by atomic mass is 35.5. The average molecular weight is 153 g/mol. The van der Waals surface area contributed by atoms with E-state index in [1.165, 1.54) is 0 Å². The molecule has 0 aliphatic carbocycles. The molecule has 0 rings (SSSR count). The van der Waals surface area contributed by atoms with Gasteiger partial charge in [-0.05, 0) is 12.3 Å². The van der Waals surface area contributed by atoms with Crippen LogP contribution in [0.15, 0.2) is 0 Å². The first kappa shape index (κ1) is 9.21. The fourth-order valence-electron chi connectivity index (χ4n) is 0.548. The fraction of sp³-hybridized carbons (Fsp3) is 1.00. The third-order valence-corrected chi connectivity index (χ3v) is 1.72. The zero-order valence-electron chi connectivity index (χ0n) is 5.55. The van der Waals surface area contributed by atoms with Crippen LogP contribution in [0.25, 0.3) is 0 Å². The molecule has 0 aromatic carbocycles. The Bertz CT molecular complexity index is 68.1. The summed E-state index contributed by atoms with van der Waals surface area (Å²) < 4.78 is 0. The van der Waals surface area contributed by atoms with Crippen molar-refractivity contribution >= 4 is 11.6 Å². The van der Waals surface area contributed by atoms with Crippen molar-refractivity contribution in [1.82, 2.24) is 0 Å². The summed E-state index contributed by atoms with van der Waals surface area (Å²) in [7, 11) is 0.